The fraction of sp³-hybridized carbons (Fsp3) is 0.167. The van der Waals surface area contributed by atoms with Crippen molar-refractivity contribution >= 4 is 35.2 Å². The Kier molecular flexibility index (Phi) is 4.73. The predicted octanol–water partition coefficient (Wildman–Crippen LogP) is 4.48. The third-order valence-corrected chi connectivity index (χ3v) is 2.29. The molecule has 0 unspecified atom stereocenters. The molecule has 2 heteroatoms. The Morgan fingerprint density at radius 1 is 1.07 bits per heavy atom. The van der Waals surface area contributed by atoms with E-state index < -0.39 is 0 Å². The van der Waals surface area contributed by atoms with Crippen molar-refractivity contribution < 1.29 is 3.07 Å². The molecular formula is C12H13IO. The van der Waals surface area contributed by atoms with Crippen molar-refractivity contribution in [2.75, 3.05) is 0 Å². The number of hydrogen-bond donors (Lipinski definition) is 0. The predicted molar refractivity (Wildman–Crippen MR) is 70.5 cm³/mol. The third-order valence-electron chi connectivity index (χ3n) is 1.85. The van der Waals surface area contributed by atoms with E-state index in [1.165, 1.54) is 0 Å². The lowest BCUT2D eigenvalue weighted by Crippen LogP contribution is -1.84. The van der Waals surface area contributed by atoms with E-state index >= 15 is 0 Å². The molecule has 0 aliphatic rings. The van der Waals surface area contributed by atoms with Crippen LogP contribution in [0.25, 0.3) is 12.2 Å². The van der Waals surface area contributed by atoms with Crippen LogP contribution in [0.3, 0.4) is 0 Å². The highest BCUT2D eigenvalue weighted by Gasteiger charge is 2.03. The summed E-state index contributed by atoms with van der Waals surface area (Å²) in [6, 6.07) is 6.12. The molecule has 74 valence electrons. The van der Waals surface area contributed by atoms with Gasteiger partial charge in [-0.1, -0.05) is 42.5 Å². The summed E-state index contributed by atoms with van der Waals surface area (Å²) >= 11 is 1.92. The van der Waals surface area contributed by atoms with Crippen LogP contribution < -0.4 is 3.07 Å². The molecule has 1 aromatic rings. The molecule has 0 heterocycles. The van der Waals surface area contributed by atoms with Crippen LogP contribution in [-0.2, 0) is 0 Å². The quantitative estimate of drug-likeness (QED) is 0.748. The second-order valence-corrected chi connectivity index (χ2v) is 3.28. The van der Waals surface area contributed by atoms with Crippen molar-refractivity contribution in [2.24, 2.45) is 0 Å². The molecular weight excluding hydrogens is 287 g/mol. The van der Waals surface area contributed by atoms with Gasteiger partial charge in [0.15, 0.2) is 23.0 Å². The van der Waals surface area contributed by atoms with Gasteiger partial charge in [0, 0.05) is 11.1 Å². The molecule has 0 radical (unpaired) electrons. The van der Waals surface area contributed by atoms with Crippen molar-refractivity contribution in [3.8, 4) is 5.75 Å². The van der Waals surface area contributed by atoms with Gasteiger partial charge in [0.25, 0.3) is 0 Å². The largest absolute Gasteiger partial charge is 0.426 e. The Hall–Kier alpha value is -0.770. The molecule has 0 N–H and O–H groups in total. The van der Waals surface area contributed by atoms with E-state index in [0.717, 1.165) is 16.9 Å². The topological polar surface area (TPSA) is 9.23 Å². The number of halogens is 1. The van der Waals surface area contributed by atoms with E-state index in [9.17, 15) is 0 Å². The van der Waals surface area contributed by atoms with Gasteiger partial charge in [-0.2, -0.15) is 0 Å². The summed E-state index contributed by atoms with van der Waals surface area (Å²) < 4.78 is 5.35. The molecule has 0 saturated carbocycles. The van der Waals surface area contributed by atoms with E-state index in [2.05, 4.69) is 0 Å². The molecule has 0 aromatic heterocycles. The van der Waals surface area contributed by atoms with Crippen molar-refractivity contribution in [1.29, 1.82) is 0 Å². The minimum atomic E-state index is 0.921. The number of hydrogen-bond acceptors (Lipinski definition) is 1. The zero-order valence-electron chi connectivity index (χ0n) is 8.33. The molecule has 0 fully saturated rings. The van der Waals surface area contributed by atoms with Crippen LogP contribution in [0, 0.1) is 0 Å². The Morgan fingerprint density at radius 3 is 1.93 bits per heavy atom. The van der Waals surface area contributed by atoms with Gasteiger partial charge in [-0.25, -0.2) is 0 Å². The monoisotopic (exact) mass is 300 g/mol. The van der Waals surface area contributed by atoms with Crippen molar-refractivity contribution in [1.82, 2.24) is 0 Å². The summed E-state index contributed by atoms with van der Waals surface area (Å²) in [6.07, 6.45) is 8.10. The van der Waals surface area contributed by atoms with Gasteiger partial charge in [-0.3, -0.25) is 0 Å². The van der Waals surface area contributed by atoms with Gasteiger partial charge < -0.3 is 3.07 Å². The maximum absolute atomic E-state index is 5.35. The van der Waals surface area contributed by atoms with Crippen LogP contribution in [0.5, 0.6) is 5.75 Å². The number of allylic oxidation sites excluding steroid dienone is 2. The highest BCUT2D eigenvalue weighted by Crippen LogP contribution is 2.28. The first-order valence-electron chi connectivity index (χ1n) is 4.50. The molecule has 0 aliphatic carbocycles. The Bertz CT molecular complexity index is 323. The average Bonchev–Trinajstić information content (AvgIpc) is 2.19. The minimum absolute atomic E-state index is 0.921. The van der Waals surface area contributed by atoms with Crippen LogP contribution >= 0.6 is 23.0 Å². The Morgan fingerprint density at radius 2 is 1.57 bits per heavy atom. The second kappa shape index (κ2) is 5.86. The highest BCUT2D eigenvalue weighted by atomic mass is 127. The zero-order chi connectivity index (χ0) is 10.4. The fourth-order valence-electron chi connectivity index (χ4n) is 1.28. The summed E-state index contributed by atoms with van der Waals surface area (Å²) in [5.41, 5.74) is 2.22. The smallest absolute Gasteiger partial charge is 0.192 e. The summed E-state index contributed by atoms with van der Waals surface area (Å²) in [4.78, 5) is 0. The van der Waals surface area contributed by atoms with Gasteiger partial charge in [0.2, 0.25) is 0 Å². The first-order valence-corrected chi connectivity index (χ1v) is 5.38. The molecule has 0 spiro atoms. The summed E-state index contributed by atoms with van der Waals surface area (Å²) in [7, 11) is 0. The lowest BCUT2D eigenvalue weighted by Gasteiger charge is -2.06. The van der Waals surface area contributed by atoms with E-state index in [1.54, 1.807) is 0 Å². The first kappa shape index (κ1) is 11.3. The highest BCUT2D eigenvalue weighted by molar-refractivity contribution is 14.1. The summed E-state index contributed by atoms with van der Waals surface area (Å²) in [5.74, 6) is 0.921. The average molecular weight is 300 g/mol. The molecule has 1 rings (SSSR count). The maximum Gasteiger partial charge on any atom is 0.192 e. The van der Waals surface area contributed by atoms with Crippen LogP contribution in [-0.4, -0.2) is 0 Å². The molecule has 0 atom stereocenters. The normalized spacial score (nSPS) is 11.4. The minimum Gasteiger partial charge on any atom is -0.426 e. The molecule has 14 heavy (non-hydrogen) atoms. The van der Waals surface area contributed by atoms with Gasteiger partial charge >= 0.3 is 0 Å². The molecule has 0 bridgehead atoms. The third kappa shape index (κ3) is 2.61. The van der Waals surface area contributed by atoms with Gasteiger partial charge in [0.1, 0.15) is 5.75 Å². The van der Waals surface area contributed by atoms with Crippen molar-refractivity contribution in [3.05, 3.63) is 41.5 Å². The van der Waals surface area contributed by atoms with E-state index in [1.807, 2.05) is 79.4 Å². The SMILES string of the molecule is CC=Cc1cccc(C=CC)c1OI. The number of rotatable bonds is 3. The van der Waals surface area contributed by atoms with E-state index in [-0.39, 0.29) is 0 Å². The van der Waals surface area contributed by atoms with Gasteiger partial charge in [-0.15, -0.1) is 0 Å². The second-order valence-electron chi connectivity index (χ2n) is 2.84. The van der Waals surface area contributed by atoms with Gasteiger partial charge in [0.05, 0.1) is 0 Å². The fourth-order valence-corrected chi connectivity index (χ4v) is 1.79. The maximum atomic E-state index is 5.35. The number of para-hydroxylation sites is 1. The molecule has 1 nitrogen and oxygen atoms in total. The standard InChI is InChI=1S/C12H13IO/c1-3-6-10-8-5-9-11(7-4-2)12(10)14-13/h3-9H,1-2H3. The first-order chi connectivity index (χ1) is 6.83. The van der Waals surface area contributed by atoms with Crippen molar-refractivity contribution in [3.63, 3.8) is 0 Å². The van der Waals surface area contributed by atoms with Crippen LogP contribution in [0.15, 0.2) is 30.4 Å². The molecule has 0 saturated heterocycles. The van der Waals surface area contributed by atoms with Crippen molar-refractivity contribution in [2.45, 2.75) is 13.8 Å². The molecule has 1 aromatic carbocycles. The van der Waals surface area contributed by atoms with Crippen LogP contribution in [0.2, 0.25) is 0 Å². The molecule has 0 aliphatic heterocycles. The Balaban J connectivity index is 3.24. The van der Waals surface area contributed by atoms with E-state index in [4.69, 9.17) is 3.07 Å². The lowest BCUT2D eigenvalue weighted by molar-refractivity contribution is 0.712. The Labute approximate surface area is 99.2 Å². The zero-order valence-corrected chi connectivity index (χ0v) is 10.5. The van der Waals surface area contributed by atoms with Crippen LogP contribution in [0.4, 0.5) is 0 Å². The summed E-state index contributed by atoms with van der Waals surface area (Å²) in [5, 5.41) is 0. The molecule has 0 amide bonds. The summed E-state index contributed by atoms with van der Waals surface area (Å²) in [6.45, 7) is 4.00. The lowest BCUT2D eigenvalue weighted by atomic mass is 10.1. The van der Waals surface area contributed by atoms with Crippen LogP contribution in [0.1, 0.15) is 25.0 Å². The van der Waals surface area contributed by atoms with Gasteiger partial charge in [-0.05, 0) is 13.8 Å². The number of benzene rings is 1. The van der Waals surface area contributed by atoms with E-state index in [0.29, 0.717) is 0 Å².